The van der Waals surface area contributed by atoms with Gasteiger partial charge in [0.05, 0.1) is 7.11 Å². The summed E-state index contributed by atoms with van der Waals surface area (Å²) in [5.74, 6) is -0.182. The van der Waals surface area contributed by atoms with Crippen molar-refractivity contribution in [2.24, 2.45) is 0 Å². The number of methoxy groups -OCH3 is 1. The first-order valence-electron chi connectivity index (χ1n) is 10.8. The summed E-state index contributed by atoms with van der Waals surface area (Å²) < 4.78 is 26.4. The molecule has 0 aliphatic heterocycles. The number of hydrogen-bond donors (Lipinski definition) is 0. The first kappa shape index (κ1) is 28.2. The van der Waals surface area contributed by atoms with Crippen LogP contribution >= 0.6 is 0 Å². The van der Waals surface area contributed by atoms with Crippen LogP contribution < -0.4 is 4.74 Å². The molecule has 1 aromatic carbocycles. The van der Waals surface area contributed by atoms with E-state index in [1.165, 1.54) is 7.11 Å². The third kappa shape index (κ3) is 9.69. The maximum atomic E-state index is 13.0. The van der Waals surface area contributed by atoms with Gasteiger partial charge in [-0.25, -0.2) is 14.4 Å². The number of amides is 2. The molecule has 0 saturated heterocycles. The summed E-state index contributed by atoms with van der Waals surface area (Å²) in [4.78, 5) is 39.4. The zero-order valence-electron chi connectivity index (χ0n) is 21.1. The van der Waals surface area contributed by atoms with E-state index in [1.807, 2.05) is 13.8 Å². The van der Waals surface area contributed by atoms with E-state index in [0.29, 0.717) is 22.8 Å². The monoisotopic (exact) mass is 467 g/mol. The van der Waals surface area contributed by atoms with Crippen molar-refractivity contribution >= 4 is 18.2 Å². The molecule has 0 aliphatic rings. The molecule has 33 heavy (non-hydrogen) atoms. The largest absolute Gasteiger partial charge is 0.468 e. The fraction of sp³-hybridized carbons (Fsp3) is 0.625. The molecule has 0 fully saturated rings. The van der Waals surface area contributed by atoms with Gasteiger partial charge < -0.3 is 23.7 Å². The number of carbonyl (C=O) groups excluding carboxylic acids is 3. The first-order valence-corrected chi connectivity index (χ1v) is 10.8. The molecule has 9 heteroatoms. The smallest absolute Gasteiger partial charge is 0.420 e. The van der Waals surface area contributed by atoms with E-state index in [1.54, 1.807) is 59.7 Å². The molecule has 2 amide bonds. The highest BCUT2D eigenvalue weighted by Gasteiger charge is 2.41. The van der Waals surface area contributed by atoms with Crippen molar-refractivity contribution in [3.05, 3.63) is 29.3 Å². The number of rotatable bonds is 8. The predicted octanol–water partition coefficient (Wildman–Crippen LogP) is 4.62. The van der Waals surface area contributed by atoms with Crippen LogP contribution in [0, 0.1) is 6.92 Å². The van der Waals surface area contributed by atoms with Crippen LogP contribution in [0.25, 0.3) is 0 Å². The molecular weight excluding hydrogens is 430 g/mol. The van der Waals surface area contributed by atoms with Crippen LogP contribution in [0.5, 0.6) is 5.75 Å². The van der Waals surface area contributed by atoms with Crippen molar-refractivity contribution in [3.63, 3.8) is 0 Å². The lowest BCUT2D eigenvalue weighted by atomic mass is 10.00. The molecule has 186 valence electrons. The molecule has 0 bridgehead atoms. The van der Waals surface area contributed by atoms with Crippen LogP contribution in [-0.2, 0) is 30.2 Å². The van der Waals surface area contributed by atoms with Crippen LogP contribution in [0.1, 0.15) is 59.6 Å². The van der Waals surface area contributed by atoms with Crippen molar-refractivity contribution in [2.75, 3.05) is 20.5 Å². The van der Waals surface area contributed by atoms with E-state index >= 15 is 0 Å². The number of hydrogen-bond acceptors (Lipinski definition) is 8. The average Bonchev–Trinajstić information content (AvgIpc) is 2.66. The summed E-state index contributed by atoms with van der Waals surface area (Å²) in [6.07, 6.45) is -1.99. The summed E-state index contributed by atoms with van der Waals surface area (Å²) in [5, 5.41) is 0. The van der Waals surface area contributed by atoms with Gasteiger partial charge in [0.15, 0.2) is 6.79 Å². The van der Waals surface area contributed by atoms with E-state index in [2.05, 4.69) is 0 Å². The second-order valence-electron chi connectivity index (χ2n) is 9.42. The highest BCUT2D eigenvalue weighted by atomic mass is 16.7. The van der Waals surface area contributed by atoms with Gasteiger partial charge in [0.2, 0.25) is 0 Å². The highest BCUT2D eigenvalue weighted by Crippen LogP contribution is 2.23. The SMILES string of the molecule is CCOCOc1ccc(C[C@@H](C(=O)OC)N(C(=O)OC(C)(C)C)C(=O)OC(C)(C)C)c(C)c1. The van der Waals surface area contributed by atoms with Gasteiger partial charge in [0, 0.05) is 13.0 Å². The topological polar surface area (TPSA) is 101 Å². The second kappa shape index (κ2) is 11.9. The van der Waals surface area contributed by atoms with Gasteiger partial charge in [0.1, 0.15) is 23.0 Å². The molecule has 0 unspecified atom stereocenters. The molecule has 0 saturated carbocycles. The lowest BCUT2D eigenvalue weighted by Crippen LogP contribution is -2.53. The van der Waals surface area contributed by atoms with Crippen LogP contribution in [-0.4, -0.2) is 60.8 Å². The Bertz CT molecular complexity index is 795. The maximum Gasteiger partial charge on any atom is 0.420 e. The fourth-order valence-electron chi connectivity index (χ4n) is 2.76. The van der Waals surface area contributed by atoms with Crippen molar-refractivity contribution in [2.45, 2.75) is 79.1 Å². The maximum absolute atomic E-state index is 13.0. The molecule has 0 aromatic heterocycles. The van der Waals surface area contributed by atoms with Crippen molar-refractivity contribution in [1.82, 2.24) is 4.90 Å². The van der Waals surface area contributed by atoms with E-state index in [9.17, 15) is 14.4 Å². The van der Waals surface area contributed by atoms with Crippen molar-refractivity contribution < 1.29 is 38.1 Å². The molecule has 9 nitrogen and oxygen atoms in total. The minimum absolute atomic E-state index is 0.00271. The van der Waals surface area contributed by atoms with E-state index in [4.69, 9.17) is 23.7 Å². The molecular formula is C24H37NO8. The number of imide groups is 1. The van der Waals surface area contributed by atoms with Gasteiger partial charge in [-0.15, -0.1) is 0 Å². The number of benzene rings is 1. The molecule has 0 spiro atoms. The van der Waals surface area contributed by atoms with Crippen molar-refractivity contribution in [1.29, 1.82) is 0 Å². The molecule has 0 aliphatic carbocycles. The van der Waals surface area contributed by atoms with Crippen LogP contribution in [0.3, 0.4) is 0 Å². The third-order valence-corrected chi connectivity index (χ3v) is 4.21. The average molecular weight is 468 g/mol. The zero-order chi connectivity index (χ0) is 25.4. The Morgan fingerprint density at radius 1 is 0.970 bits per heavy atom. The Morgan fingerprint density at radius 2 is 1.52 bits per heavy atom. The predicted molar refractivity (Wildman–Crippen MR) is 122 cm³/mol. The molecule has 0 N–H and O–H groups in total. The number of ether oxygens (including phenoxy) is 5. The molecule has 0 heterocycles. The summed E-state index contributed by atoms with van der Waals surface area (Å²) in [6.45, 7) is 14.3. The quantitative estimate of drug-likeness (QED) is 0.236. The number of esters is 1. The van der Waals surface area contributed by atoms with Gasteiger partial charge in [-0.05, 0) is 78.6 Å². The van der Waals surface area contributed by atoms with Crippen LogP contribution in [0.15, 0.2) is 18.2 Å². The van der Waals surface area contributed by atoms with Gasteiger partial charge in [0.25, 0.3) is 0 Å². The molecule has 1 rings (SSSR count). The van der Waals surface area contributed by atoms with Crippen molar-refractivity contribution in [3.8, 4) is 5.75 Å². The standard InChI is InChI=1S/C24H37NO8/c1-10-30-15-31-18-12-11-17(16(2)13-18)14-19(20(26)29-9)25(21(27)32-23(3,4)5)22(28)33-24(6,7)8/h11-13,19H,10,14-15H2,1-9H3/t19-/m0/s1. The normalized spacial score (nSPS) is 12.5. The first-order chi connectivity index (χ1) is 15.2. The summed E-state index contributed by atoms with van der Waals surface area (Å²) in [5.41, 5.74) is -0.279. The summed E-state index contributed by atoms with van der Waals surface area (Å²) in [6, 6.07) is 3.97. The van der Waals surface area contributed by atoms with E-state index in [-0.39, 0.29) is 13.2 Å². The van der Waals surface area contributed by atoms with Gasteiger partial charge in [-0.2, -0.15) is 4.90 Å². The van der Waals surface area contributed by atoms with Gasteiger partial charge >= 0.3 is 18.2 Å². The minimum atomic E-state index is -1.30. The van der Waals surface area contributed by atoms with Crippen LogP contribution in [0.2, 0.25) is 0 Å². The summed E-state index contributed by atoms with van der Waals surface area (Å²) in [7, 11) is 1.19. The summed E-state index contributed by atoms with van der Waals surface area (Å²) >= 11 is 0. The lowest BCUT2D eigenvalue weighted by Gasteiger charge is -2.32. The van der Waals surface area contributed by atoms with E-state index in [0.717, 1.165) is 5.56 Å². The highest BCUT2D eigenvalue weighted by molar-refractivity contribution is 5.94. The molecule has 0 radical (unpaired) electrons. The Balaban J connectivity index is 3.31. The Labute approximate surface area is 196 Å². The minimum Gasteiger partial charge on any atom is -0.468 e. The molecule has 1 aromatic rings. The zero-order valence-corrected chi connectivity index (χ0v) is 21.1. The second-order valence-corrected chi connectivity index (χ2v) is 9.42. The number of aryl methyl sites for hydroxylation is 1. The Kier molecular flexibility index (Phi) is 10.2. The lowest BCUT2D eigenvalue weighted by molar-refractivity contribution is -0.146. The van der Waals surface area contributed by atoms with E-state index < -0.39 is 35.4 Å². The third-order valence-electron chi connectivity index (χ3n) is 4.21. The fourth-order valence-corrected chi connectivity index (χ4v) is 2.76. The Morgan fingerprint density at radius 3 is 1.94 bits per heavy atom. The number of nitrogens with zero attached hydrogens (tertiary/aromatic N) is 1. The molecule has 1 atom stereocenters. The Hall–Kier alpha value is -2.81. The van der Waals surface area contributed by atoms with Gasteiger partial charge in [-0.3, -0.25) is 0 Å². The van der Waals surface area contributed by atoms with Gasteiger partial charge in [-0.1, -0.05) is 6.07 Å². The van der Waals surface area contributed by atoms with Crippen LogP contribution in [0.4, 0.5) is 9.59 Å². The number of carbonyl (C=O) groups is 3.